The molecule has 0 aliphatic carbocycles. The standard InChI is InChI=1S/C21H18N2O2/c1-14-18(21(25)23(22-14)16-8-3-2-4-9-16)13-19-17-10-6-5-7-15(17)11-12-20(19)24/h2-12,18,24H,13H2,1H3/t18-/m0/s1. The first kappa shape index (κ1) is 15.4. The number of benzene rings is 3. The topological polar surface area (TPSA) is 52.9 Å². The van der Waals surface area contributed by atoms with E-state index in [2.05, 4.69) is 5.10 Å². The van der Waals surface area contributed by atoms with Crippen molar-refractivity contribution in [3.05, 3.63) is 72.3 Å². The van der Waals surface area contributed by atoms with Crippen molar-refractivity contribution >= 4 is 28.1 Å². The van der Waals surface area contributed by atoms with Gasteiger partial charge in [0.05, 0.1) is 11.6 Å². The summed E-state index contributed by atoms with van der Waals surface area (Å²) in [7, 11) is 0. The molecule has 0 saturated heterocycles. The predicted octanol–water partition coefficient (Wildman–Crippen LogP) is 4.13. The molecule has 1 amide bonds. The quantitative estimate of drug-likeness (QED) is 0.785. The lowest BCUT2D eigenvalue weighted by atomic mass is 9.91. The molecule has 0 radical (unpaired) electrons. The maximum Gasteiger partial charge on any atom is 0.256 e. The molecule has 4 rings (SSSR count). The molecule has 1 atom stereocenters. The van der Waals surface area contributed by atoms with Gasteiger partial charge in [0.25, 0.3) is 5.91 Å². The summed E-state index contributed by atoms with van der Waals surface area (Å²) in [6.07, 6.45) is 0.435. The Morgan fingerprint density at radius 3 is 2.52 bits per heavy atom. The van der Waals surface area contributed by atoms with Crippen LogP contribution in [0, 0.1) is 5.92 Å². The number of hydrazone groups is 1. The highest BCUT2D eigenvalue weighted by Crippen LogP contribution is 2.32. The van der Waals surface area contributed by atoms with E-state index in [0.717, 1.165) is 27.7 Å². The maximum atomic E-state index is 12.9. The van der Waals surface area contributed by atoms with Crippen LogP contribution in [0.3, 0.4) is 0 Å². The van der Waals surface area contributed by atoms with Crippen molar-refractivity contribution in [2.24, 2.45) is 11.0 Å². The summed E-state index contributed by atoms with van der Waals surface area (Å²) in [5, 5.41) is 18.3. The number of hydrogen-bond donors (Lipinski definition) is 1. The number of phenols is 1. The van der Waals surface area contributed by atoms with Gasteiger partial charge in [-0.15, -0.1) is 0 Å². The van der Waals surface area contributed by atoms with Crippen molar-refractivity contribution in [2.45, 2.75) is 13.3 Å². The van der Waals surface area contributed by atoms with Gasteiger partial charge in [-0.1, -0.05) is 48.5 Å². The molecular formula is C21H18N2O2. The van der Waals surface area contributed by atoms with Crippen LogP contribution in [0.25, 0.3) is 10.8 Å². The number of rotatable bonds is 3. The van der Waals surface area contributed by atoms with Gasteiger partial charge in [0.1, 0.15) is 5.75 Å². The van der Waals surface area contributed by atoms with E-state index in [1.165, 1.54) is 5.01 Å². The van der Waals surface area contributed by atoms with Gasteiger partial charge < -0.3 is 5.11 Å². The molecule has 0 saturated carbocycles. The third-order valence-electron chi connectivity index (χ3n) is 4.69. The number of phenolic OH excluding ortho intramolecular Hbond substituents is 1. The van der Waals surface area contributed by atoms with E-state index < -0.39 is 0 Å². The summed E-state index contributed by atoms with van der Waals surface area (Å²) in [5.74, 6) is -0.203. The van der Waals surface area contributed by atoms with Crippen LogP contribution < -0.4 is 5.01 Å². The van der Waals surface area contributed by atoms with Crippen LogP contribution in [-0.2, 0) is 11.2 Å². The zero-order valence-corrected chi connectivity index (χ0v) is 13.9. The molecule has 1 aliphatic heterocycles. The Labute approximate surface area is 146 Å². The van der Waals surface area contributed by atoms with E-state index >= 15 is 0 Å². The fraction of sp³-hybridized carbons (Fsp3) is 0.143. The molecule has 0 aromatic heterocycles. The third kappa shape index (κ3) is 2.66. The Morgan fingerprint density at radius 2 is 1.72 bits per heavy atom. The first-order chi connectivity index (χ1) is 12.1. The Morgan fingerprint density at radius 1 is 1.00 bits per heavy atom. The van der Waals surface area contributed by atoms with Crippen LogP contribution in [-0.4, -0.2) is 16.7 Å². The largest absolute Gasteiger partial charge is 0.508 e. The Hall–Kier alpha value is -3.14. The molecule has 0 fully saturated rings. The van der Waals surface area contributed by atoms with E-state index in [4.69, 9.17) is 0 Å². The van der Waals surface area contributed by atoms with Crippen molar-refractivity contribution < 1.29 is 9.90 Å². The molecule has 1 aliphatic rings. The van der Waals surface area contributed by atoms with Gasteiger partial charge in [-0.25, -0.2) is 5.01 Å². The minimum absolute atomic E-state index is 0.0592. The second-order valence-corrected chi connectivity index (χ2v) is 6.27. The second-order valence-electron chi connectivity index (χ2n) is 6.27. The van der Waals surface area contributed by atoms with E-state index in [-0.39, 0.29) is 17.6 Å². The highest BCUT2D eigenvalue weighted by Gasteiger charge is 2.35. The molecule has 1 N–H and O–H groups in total. The monoisotopic (exact) mass is 330 g/mol. The first-order valence-corrected chi connectivity index (χ1v) is 8.29. The van der Waals surface area contributed by atoms with Crippen LogP contribution >= 0.6 is 0 Å². The van der Waals surface area contributed by atoms with Crippen LogP contribution in [0.1, 0.15) is 12.5 Å². The molecule has 3 aromatic carbocycles. The highest BCUT2D eigenvalue weighted by atomic mass is 16.3. The van der Waals surface area contributed by atoms with Gasteiger partial charge in [0.15, 0.2) is 0 Å². The minimum Gasteiger partial charge on any atom is -0.508 e. The Kier molecular flexibility index (Phi) is 3.73. The molecule has 0 spiro atoms. The summed E-state index contributed by atoms with van der Waals surface area (Å²) in [6.45, 7) is 1.87. The van der Waals surface area contributed by atoms with Crippen LogP contribution in [0.4, 0.5) is 5.69 Å². The van der Waals surface area contributed by atoms with Crippen molar-refractivity contribution in [3.63, 3.8) is 0 Å². The smallest absolute Gasteiger partial charge is 0.256 e. The van der Waals surface area contributed by atoms with Gasteiger partial charge in [-0.2, -0.15) is 5.10 Å². The Balaban J connectivity index is 1.70. The zero-order chi connectivity index (χ0) is 17.4. The van der Waals surface area contributed by atoms with Gasteiger partial charge in [-0.3, -0.25) is 4.79 Å². The van der Waals surface area contributed by atoms with Crippen molar-refractivity contribution in [1.82, 2.24) is 0 Å². The van der Waals surface area contributed by atoms with E-state index in [1.54, 1.807) is 6.07 Å². The second kappa shape index (κ2) is 6.06. The first-order valence-electron chi connectivity index (χ1n) is 8.29. The normalized spacial score (nSPS) is 17.2. The van der Waals surface area contributed by atoms with Crippen LogP contribution in [0.5, 0.6) is 5.75 Å². The molecule has 25 heavy (non-hydrogen) atoms. The van der Waals surface area contributed by atoms with E-state index in [9.17, 15) is 9.90 Å². The lowest BCUT2D eigenvalue weighted by molar-refractivity contribution is -0.119. The summed E-state index contributed by atoms with van der Waals surface area (Å²) in [4.78, 5) is 12.9. The molecular weight excluding hydrogens is 312 g/mol. The fourth-order valence-electron chi connectivity index (χ4n) is 3.34. The predicted molar refractivity (Wildman–Crippen MR) is 99.8 cm³/mol. The molecule has 124 valence electrons. The number of para-hydroxylation sites is 1. The summed E-state index contributed by atoms with van der Waals surface area (Å²) in [5.41, 5.74) is 2.32. The molecule has 4 nitrogen and oxygen atoms in total. The summed E-state index contributed by atoms with van der Waals surface area (Å²) < 4.78 is 0. The molecule has 0 unspecified atom stereocenters. The maximum absolute atomic E-state index is 12.9. The SMILES string of the molecule is CC1=NN(c2ccccc2)C(=O)[C@H]1Cc1c(O)ccc2ccccc12. The number of carbonyl (C=O) groups excluding carboxylic acids is 1. The molecule has 1 heterocycles. The number of nitrogens with zero attached hydrogens (tertiary/aromatic N) is 2. The third-order valence-corrected chi connectivity index (χ3v) is 4.69. The number of aromatic hydroxyl groups is 1. The van der Waals surface area contributed by atoms with Crippen LogP contribution in [0.2, 0.25) is 0 Å². The van der Waals surface area contributed by atoms with Crippen molar-refractivity contribution in [2.75, 3.05) is 5.01 Å². The molecule has 0 bridgehead atoms. The van der Waals surface area contributed by atoms with Gasteiger partial charge in [0.2, 0.25) is 0 Å². The average Bonchev–Trinajstić information content (AvgIpc) is 2.93. The number of carbonyl (C=O) groups is 1. The lowest BCUT2D eigenvalue weighted by Gasteiger charge is -2.16. The van der Waals surface area contributed by atoms with Crippen molar-refractivity contribution in [1.29, 1.82) is 0 Å². The summed E-state index contributed by atoms with van der Waals surface area (Å²) in [6, 6.07) is 20.9. The molecule has 3 aromatic rings. The van der Waals surface area contributed by atoms with Crippen molar-refractivity contribution in [3.8, 4) is 5.75 Å². The fourth-order valence-corrected chi connectivity index (χ4v) is 3.34. The van der Waals surface area contributed by atoms with Gasteiger partial charge in [-0.05, 0) is 42.3 Å². The number of amides is 1. The highest BCUT2D eigenvalue weighted by molar-refractivity contribution is 6.15. The number of fused-ring (bicyclic) bond motifs is 1. The summed E-state index contributed by atoms with van der Waals surface area (Å²) >= 11 is 0. The number of anilines is 1. The van der Waals surface area contributed by atoms with Crippen LogP contribution in [0.15, 0.2) is 71.8 Å². The van der Waals surface area contributed by atoms with E-state index in [0.29, 0.717) is 6.42 Å². The minimum atomic E-state index is -0.364. The lowest BCUT2D eigenvalue weighted by Crippen LogP contribution is -2.28. The molecule has 4 heteroatoms. The van der Waals surface area contributed by atoms with Gasteiger partial charge >= 0.3 is 0 Å². The number of hydrogen-bond acceptors (Lipinski definition) is 3. The zero-order valence-electron chi connectivity index (χ0n) is 13.9. The average molecular weight is 330 g/mol. The van der Waals surface area contributed by atoms with E-state index in [1.807, 2.05) is 67.6 Å². The Bertz CT molecular complexity index is 980. The van der Waals surface area contributed by atoms with Gasteiger partial charge in [0, 0.05) is 11.3 Å².